The number of nitrogens with one attached hydrogen (secondary N) is 1. The highest BCUT2D eigenvalue weighted by atomic mass is 35.5. The molecule has 1 unspecified atom stereocenters. The molecular weight excluding hydrogens is 311 g/mol. The van der Waals surface area contributed by atoms with E-state index in [1.54, 1.807) is 6.20 Å². The average Bonchev–Trinajstić information content (AvgIpc) is 2.81. The lowest BCUT2D eigenvalue weighted by atomic mass is 10.1. The molecule has 0 aliphatic heterocycles. The number of amides is 1. The molecular formula is C14H20Cl2N4O. The molecule has 3 N–H and O–H groups in total. The Morgan fingerprint density at radius 1 is 1.33 bits per heavy atom. The van der Waals surface area contributed by atoms with Gasteiger partial charge in [0.1, 0.15) is 11.9 Å². The Morgan fingerprint density at radius 3 is 2.48 bits per heavy atom. The molecule has 1 aromatic heterocycles. The van der Waals surface area contributed by atoms with Gasteiger partial charge in [0, 0.05) is 19.4 Å². The van der Waals surface area contributed by atoms with Crippen molar-refractivity contribution in [2.45, 2.75) is 19.5 Å². The number of benzene rings is 1. The molecule has 0 saturated carbocycles. The van der Waals surface area contributed by atoms with Crippen LogP contribution in [0.2, 0.25) is 0 Å². The molecule has 1 amide bonds. The van der Waals surface area contributed by atoms with Crippen LogP contribution in [0.3, 0.4) is 0 Å². The van der Waals surface area contributed by atoms with Crippen molar-refractivity contribution in [1.82, 2.24) is 14.9 Å². The predicted molar refractivity (Wildman–Crippen MR) is 87.7 cm³/mol. The monoisotopic (exact) mass is 330 g/mol. The van der Waals surface area contributed by atoms with Crippen LogP contribution in [0.1, 0.15) is 23.0 Å². The second-order valence-electron chi connectivity index (χ2n) is 4.56. The zero-order valence-corrected chi connectivity index (χ0v) is 13.6. The molecule has 0 saturated heterocycles. The third-order valence-electron chi connectivity index (χ3n) is 3.06. The standard InChI is InChI=1S/C14H18N4O.2ClH/c1-10-3-5-11(6-4-10)13(15)14(19)17-9-12-16-7-8-18(12)2;;/h3-8,13H,9,15H2,1-2H3,(H,17,19);2*1H. The SMILES string of the molecule is Cc1ccc(C(N)C(=O)NCc2nccn2C)cc1.Cl.Cl. The Balaban J connectivity index is 0.00000200. The maximum absolute atomic E-state index is 12.0. The van der Waals surface area contributed by atoms with Crippen LogP contribution in [-0.4, -0.2) is 15.5 Å². The molecule has 1 atom stereocenters. The van der Waals surface area contributed by atoms with E-state index in [0.717, 1.165) is 17.0 Å². The van der Waals surface area contributed by atoms with Gasteiger partial charge < -0.3 is 15.6 Å². The summed E-state index contributed by atoms with van der Waals surface area (Å²) in [6.07, 6.45) is 3.53. The average molecular weight is 331 g/mol. The minimum Gasteiger partial charge on any atom is -0.347 e. The van der Waals surface area contributed by atoms with Gasteiger partial charge in [-0.2, -0.15) is 0 Å². The molecule has 1 heterocycles. The van der Waals surface area contributed by atoms with Crippen LogP contribution < -0.4 is 11.1 Å². The predicted octanol–water partition coefficient (Wildman–Crippen LogP) is 1.89. The van der Waals surface area contributed by atoms with Crippen molar-refractivity contribution in [3.05, 3.63) is 53.6 Å². The number of nitrogens with zero attached hydrogens (tertiary/aromatic N) is 2. The third kappa shape index (κ3) is 5.04. The Labute approximate surface area is 136 Å². The fourth-order valence-electron chi connectivity index (χ4n) is 1.77. The Kier molecular flexibility index (Phi) is 8.02. The number of hydrogen-bond acceptors (Lipinski definition) is 3. The summed E-state index contributed by atoms with van der Waals surface area (Å²) in [5.74, 6) is 0.594. The number of carbonyl (C=O) groups is 1. The minimum absolute atomic E-state index is 0. The van der Waals surface area contributed by atoms with E-state index >= 15 is 0 Å². The van der Waals surface area contributed by atoms with Crippen molar-refractivity contribution < 1.29 is 4.79 Å². The van der Waals surface area contributed by atoms with Crippen LogP contribution in [0, 0.1) is 6.92 Å². The van der Waals surface area contributed by atoms with Crippen molar-refractivity contribution in [3.63, 3.8) is 0 Å². The highest BCUT2D eigenvalue weighted by Crippen LogP contribution is 2.11. The summed E-state index contributed by atoms with van der Waals surface area (Å²) in [6.45, 7) is 2.37. The number of carbonyl (C=O) groups excluding carboxylic acids is 1. The van der Waals surface area contributed by atoms with Gasteiger partial charge >= 0.3 is 0 Å². The first kappa shape index (κ1) is 19.4. The van der Waals surface area contributed by atoms with Gasteiger partial charge in [0.05, 0.1) is 6.54 Å². The molecule has 0 radical (unpaired) electrons. The fraction of sp³-hybridized carbons (Fsp3) is 0.286. The molecule has 2 rings (SSSR count). The van der Waals surface area contributed by atoms with Gasteiger partial charge in [0.25, 0.3) is 0 Å². The highest BCUT2D eigenvalue weighted by Gasteiger charge is 2.15. The molecule has 0 aliphatic carbocycles. The van der Waals surface area contributed by atoms with E-state index in [9.17, 15) is 4.79 Å². The molecule has 21 heavy (non-hydrogen) atoms. The van der Waals surface area contributed by atoms with E-state index in [1.807, 2.05) is 49.0 Å². The topological polar surface area (TPSA) is 72.9 Å². The first-order valence-electron chi connectivity index (χ1n) is 6.14. The molecule has 0 aliphatic rings. The van der Waals surface area contributed by atoms with Gasteiger partial charge in [-0.3, -0.25) is 4.79 Å². The first-order chi connectivity index (χ1) is 9.08. The minimum atomic E-state index is -0.652. The molecule has 116 valence electrons. The summed E-state index contributed by atoms with van der Waals surface area (Å²) in [4.78, 5) is 16.1. The third-order valence-corrected chi connectivity index (χ3v) is 3.06. The van der Waals surface area contributed by atoms with Crippen molar-refractivity contribution in [1.29, 1.82) is 0 Å². The number of hydrogen-bond donors (Lipinski definition) is 2. The van der Waals surface area contributed by atoms with E-state index in [4.69, 9.17) is 5.73 Å². The Bertz CT molecular complexity index is 569. The van der Waals surface area contributed by atoms with Gasteiger partial charge in [-0.1, -0.05) is 29.8 Å². The molecule has 0 bridgehead atoms. The van der Waals surface area contributed by atoms with Crippen LogP contribution in [0.15, 0.2) is 36.7 Å². The van der Waals surface area contributed by atoms with Gasteiger partial charge in [-0.25, -0.2) is 4.98 Å². The van der Waals surface area contributed by atoms with Crippen LogP contribution >= 0.6 is 24.8 Å². The second kappa shape index (κ2) is 8.67. The number of aromatic nitrogens is 2. The first-order valence-corrected chi connectivity index (χ1v) is 6.14. The summed E-state index contributed by atoms with van der Waals surface area (Å²) < 4.78 is 1.86. The molecule has 2 aromatic rings. The molecule has 0 spiro atoms. The number of halogens is 2. The largest absolute Gasteiger partial charge is 0.347 e. The number of nitrogens with two attached hydrogens (primary N) is 1. The van der Waals surface area contributed by atoms with E-state index in [0.29, 0.717) is 6.54 Å². The van der Waals surface area contributed by atoms with Crippen molar-refractivity contribution in [2.24, 2.45) is 12.8 Å². The smallest absolute Gasteiger partial charge is 0.241 e. The number of rotatable bonds is 4. The van der Waals surface area contributed by atoms with Crippen LogP contribution in [0.5, 0.6) is 0 Å². The molecule has 7 heteroatoms. The second-order valence-corrected chi connectivity index (χ2v) is 4.56. The maximum atomic E-state index is 12.0. The number of aryl methyl sites for hydroxylation is 2. The summed E-state index contributed by atoms with van der Waals surface area (Å²) in [5.41, 5.74) is 7.88. The summed E-state index contributed by atoms with van der Waals surface area (Å²) in [6, 6.07) is 6.99. The quantitative estimate of drug-likeness (QED) is 0.899. The lowest BCUT2D eigenvalue weighted by Crippen LogP contribution is -2.34. The maximum Gasteiger partial charge on any atom is 0.241 e. The molecule has 0 fully saturated rings. The van der Waals surface area contributed by atoms with E-state index in [-0.39, 0.29) is 30.7 Å². The number of imidazole rings is 1. The summed E-state index contributed by atoms with van der Waals surface area (Å²) in [5, 5.41) is 2.79. The Morgan fingerprint density at radius 2 is 1.95 bits per heavy atom. The lowest BCUT2D eigenvalue weighted by molar-refractivity contribution is -0.122. The van der Waals surface area contributed by atoms with Crippen LogP contribution in [0.25, 0.3) is 0 Å². The lowest BCUT2D eigenvalue weighted by Gasteiger charge is -2.12. The van der Waals surface area contributed by atoms with E-state index in [1.165, 1.54) is 0 Å². The van der Waals surface area contributed by atoms with Crippen molar-refractivity contribution in [2.75, 3.05) is 0 Å². The van der Waals surface area contributed by atoms with Crippen LogP contribution in [0.4, 0.5) is 0 Å². The van der Waals surface area contributed by atoms with Gasteiger partial charge in [0.2, 0.25) is 5.91 Å². The van der Waals surface area contributed by atoms with Crippen LogP contribution in [-0.2, 0) is 18.4 Å². The normalized spacial score (nSPS) is 11.0. The fourth-order valence-corrected chi connectivity index (χ4v) is 1.77. The summed E-state index contributed by atoms with van der Waals surface area (Å²) >= 11 is 0. The zero-order chi connectivity index (χ0) is 13.8. The summed E-state index contributed by atoms with van der Waals surface area (Å²) in [7, 11) is 1.88. The van der Waals surface area contributed by atoms with Crippen molar-refractivity contribution >= 4 is 30.7 Å². The van der Waals surface area contributed by atoms with Crippen molar-refractivity contribution in [3.8, 4) is 0 Å². The molecule has 1 aromatic carbocycles. The molecule has 5 nitrogen and oxygen atoms in total. The van der Waals surface area contributed by atoms with E-state index < -0.39 is 6.04 Å². The highest BCUT2D eigenvalue weighted by molar-refractivity contribution is 5.85. The Hall–Kier alpha value is -1.56. The zero-order valence-electron chi connectivity index (χ0n) is 11.9. The van der Waals surface area contributed by atoms with Gasteiger partial charge in [0.15, 0.2) is 0 Å². The van der Waals surface area contributed by atoms with Gasteiger partial charge in [-0.15, -0.1) is 24.8 Å². The van der Waals surface area contributed by atoms with E-state index in [2.05, 4.69) is 10.3 Å². The van der Waals surface area contributed by atoms with Gasteiger partial charge in [-0.05, 0) is 12.5 Å².